The van der Waals surface area contributed by atoms with Gasteiger partial charge in [-0.05, 0) is 55.3 Å². The van der Waals surface area contributed by atoms with E-state index in [1.54, 1.807) is 6.26 Å². The summed E-state index contributed by atoms with van der Waals surface area (Å²) >= 11 is 5.91. The monoisotopic (exact) mass is 412 g/mol. The maximum Gasteiger partial charge on any atom is 0.226 e. The molecule has 0 fully saturated rings. The predicted octanol–water partition coefficient (Wildman–Crippen LogP) is 6.63. The van der Waals surface area contributed by atoms with E-state index >= 15 is 0 Å². The Morgan fingerprint density at radius 3 is 2.55 bits per heavy atom. The summed E-state index contributed by atoms with van der Waals surface area (Å²) in [5.74, 6) is 1.43. The molecule has 1 atom stereocenters. The molecule has 3 aromatic rings. The smallest absolute Gasteiger partial charge is 0.226 e. The van der Waals surface area contributed by atoms with Crippen LogP contribution >= 0.6 is 11.6 Å². The summed E-state index contributed by atoms with van der Waals surface area (Å²) in [7, 11) is 0. The van der Waals surface area contributed by atoms with Gasteiger partial charge in [-0.2, -0.15) is 0 Å². The van der Waals surface area contributed by atoms with E-state index in [1.165, 1.54) is 25.7 Å². The first kappa shape index (κ1) is 21.4. The highest BCUT2D eigenvalue weighted by Crippen LogP contribution is 2.23. The van der Waals surface area contributed by atoms with Crippen molar-refractivity contribution in [3.8, 4) is 17.2 Å². The van der Waals surface area contributed by atoms with Crippen molar-refractivity contribution in [3.63, 3.8) is 0 Å². The Hall–Kier alpha value is -2.30. The molecule has 154 valence electrons. The molecule has 3 rings (SSSR count). The van der Waals surface area contributed by atoms with Gasteiger partial charge in [-0.1, -0.05) is 49.9 Å². The summed E-state index contributed by atoms with van der Waals surface area (Å²) in [5.41, 5.74) is 2.93. The minimum atomic E-state index is 0.485. The summed E-state index contributed by atoms with van der Waals surface area (Å²) in [6, 6.07) is 15.9. The fourth-order valence-electron chi connectivity index (χ4n) is 3.04. The van der Waals surface area contributed by atoms with Gasteiger partial charge >= 0.3 is 0 Å². The second-order valence-corrected chi connectivity index (χ2v) is 7.80. The highest BCUT2D eigenvalue weighted by Gasteiger charge is 2.09. The van der Waals surface area contributed by atoms with Crippen molar-refractivity contribution in [3.05, 3.63) is 71.1 Å². The molecule has 29 heavy (non-hydrogen) atoms. The van der Waals surface area contributed by atoms with Gasteiger partial charge in [0.05, 0.1) is 5.69 Å². The number of nitrogens with one attached hydrogen (secondary N) is 1. The molecule has 0 spiro atoms. The molecule has 0 aliphatic heterocycles. The lowest BCUT2D eigenvalue weighted by molar-refractivity contribution is 0.306. The molecule has 0 saturated carbocycles. The summed E-state index contributed by atoms with van der Waals surface area (Å²) in [4.78, 5) is 4.60. The van der Waals surface area contributed by atoms with E-state index in [0.717, 1.165) is 34.1 Å². The Bertz CT molecular complexity index is 859. The number of ether oxygens (including phenoxy) is 1. The molecule has 0 radical (unpaired) electrons. The van der Waals surface area contributed by atoms with E-state index in [-0.39, 0.29) is 0 Å². The molecule has 1 unspecified atom stereocenters. The average Bonchev–Trinajstić information content (AvgIpc) is 3.21. The van der Waals surface area contributed by atoms with Gasteiger partial charge in [-0.3, -0.25) is 0 Å². The Morgan fingerprint density at radius 2 is 1.83 bits per heavy atom. The normalized spacial score (nSPS) is 12.1. The Labute approximate surface area is 178 Å². The van der Waals surface area contributed by atoms with Crippen LogP contribution in [0.5, 0.6) is 5.75 Å². The van der Waals surface area contributed by atoms with Crippen LogP contribution in [0.1, 0.15) is 50.8 Å². The molecule has 4 nitrogen and oxygen atoms in total. The van der Waals surface area contributed by atoms with Crippen LogP contribution in [0.3, 0.4) is 0 Å². The second kappa shape index (κ2) is 11.0. The first-order valence-corrected chi connectivity index (χ1v) is 10.7. The topological polar surface area (TPSA) is 47.3 Å². The third-order valence-electron chi connectivity index (χ3n) is 4.84. The van der Waals surface area contributed by atoms with Crippen LogP contribution in [0.15, 0.2) is 59.2 Å². The zero-order valence-electron chi connectivity index (χ0n) is 17.2. The van der Waals surface area contributed by atoms with Gasteiger partial charge in [0.15, 0.2) is 0 Å². The minimum absolute atomic E-state index is 0.485. The summed E-state index contributed by atoms with van der Waals surface area (Å²) in [6.07, 6.45) is 6.73. The van der Waals surface area contributed by atoms with Crippen molar-refractivity contribution in [2.45, 2.75) is 58.7 Å². The maximum absolute atomic E-state index is 5.91. The van der Waals surface area contributed by atoms with Crippen molar-refractivity contribution >= 4 is 11.6 Å². The highest BCUT2D eigenvalue weighted by molar-refractivity contribution is 6.30. The number of benzene rings is 2. The molecular formula is C24H29ClN2O2. The van der Waals surface area contributed by atoms with Crippen molar-refractivity contribution in [1.29, 1.82) is 0 Å². The molecule has 1 N–H and O–H groups in total. The molecule has 2 aromatic carbocycles. The molecule has 5 heteroatoms. The lowest BCUT2D eigenvalue weighted by Crippen LogP contribution is -2.25. The zero-order valence-corrected chi connectivity index (χ0v) is 17.9. The summed E-state index contributed by atoms with van der Waals surface area (Å²) < 4.78 is 11.5. The summed E-state index contributed by atoms with van der Waals surface area (Å²) in [6.45, 7) is 5.67. The van der Waals surface area contributed by atoms with E-state index in [1.807, 2.05) is 48.5 Å². The van der Waals surface area contributed by atoms with Gasteiger partial charge in [0.1, 0.15) is 18.6 Å². The number of unbranched alkanes of at least 4 members (excludes halogenated alkanes) is 2. The van der Waals surface area contributed by atoms with Gasteiger partial charge in [-0.25, -0.2) is 4.98 Å². The quantitative estimate of drug-likeness (QED) is 0.359. The molecule has 1 heterocycles. The number of nitrogens with zero attached hydrogens (tertiary/aromatic N) is 1. The third kappa shape index (κ3) is 6.91. The van der Waals surface area contributed by atoms with Crippen LogP contribution in [-0.4, -0.2) is 11.0 Å². The van der Waals surface area contributed by atoms with Crippen LogP contribution in [-0.2, 0) is 13.2 Å². The van der Waals surface area contributed by atoms with Gasteiger partial charge in [0.2, 0.25) is 5.89 Å². The maximum atomic E-state index is 5.91. The van der Waals surface area contributed by atoms with Crippen molar-refractivity contribution in [2.75, 3.05) is 0 Å². The lowest BCUT2D eigenvalue weighted by atomic mass is 10.1. The highest BCUT2D eigenvalue weighted by atomic mass is 35.5. The molecule has 1 aromatic heterocycles. The van der Waals surface area contributed by atoms with Gasteiger partial charge in [0.25, 0.3) is 0 Å². The van der Waals surface area contributed by atoms with Crippen LogP contribution in [0.25, 0.3) is 11.5 Å². The Kier molecular flexibility index (Phi) is 8.14. The number of aromatic nitrogens is 1. The van der Waals surface area contributed by atoms with E-state index in [0.29, 0.717) is 18.5 Å². The molecule has 0 amide bonds. The molecule has 0 aliphatic rings. The number of hydrogen-bond acceptors (Lipinski definition) is 4. The predicted molar refractivity (Wildman–Crippen MR) is 118 cm³/mol. The van der Waals surface area contributed by atoms with Crippen molar-refractivity contribution < 1.29 is 9.15 Å². The van der Waals surface area contributed by atoms with Crippen molar-refractivity contribution in [1.82, 2.24) is 10.3 Å². The fraction of sp³-hybridized carbons (Fsp3) is 0.375. The van der Waals surface area contributed by atoms with Gasteiger partial charge < -0.3 is 14.5 Å². The largest absolute Gasteiger partial charge is 0.489 e. The third-order valence-corrected chi connectivity index (χ3v) is 5.10. The molecule has 0 saturated heterocycles. The molecule has 0 aliphatic carbocycles. The minimum Gasteiger partial charge on any atom is -0.489 e. The lowest BCUT2D eigenvalue weighted by Gasteiger charge is -2.11. The first-order chi connectivity index (χ1) is 14.1. The van der Waals surface area contributed by atoms with E-state index in [2.05, 4.69) is 24.1 Å². The first-order valence-electron chi connectivity index (χ1n) is 10.3. The number of rotatable bonds is 11. The summed E-state index contributed by atoms with van der Waals surface area (Å²) in [5, 5.41) is 4.24. The van der Waals surface area contributed by atoms with Crippen molar-refractivity contribution in [2.24, 2.45) is 0 Å². The average molecular weight is 413 g/mol. The van der Waals surface area contributed by atoms with Gasteiger partial charge in [0, 0.05) is 23.2 Å². The van der Waals surface area contributed by atoms with E-state index in [9.17, 15) is 0 Å². The SMILES string of the molecule is CCCCCC(C)NCc1coc(-c2ccc(OCc3ccc(Cl)cc3)cc2)n1. The molecule has 0 bridgehead atoms. The van der Waals surface area contributed by atoms with E-state index < -0.39 is 0 Å². The van der Waals surface area contributed by atoms with Crippen LogP contribution in [0.4, 0.5) is 0 Å². The Morgan fingerprint density at radius 1 is 1.07 bits per heavy atom. The van der Waals surface area contributed by atoms with Crippen LogP contribution < -0.4 is 10.1 Å². The van der Waals surface area contributed by atoms with Crippen LogP contribution in [0.2, 0.25) is 5.02 Å². The number of halogens is 1. The Balaban J connectivity index is 1.49. The van der Waals surface area contributed by atoms with Gasteiger partial charge in [-0.15, -0.1) is 0 Å². The standard InChI is InChI=1S/C24H29ClN2O2/c1-3-4-5-6-18(2)26-15-22-17-29-24(27-22)20-9-13-23(14-10-20)28-16-19-7-11-21(25)12-8-19/h7-14,17-18,26H,3-6,15-16H2,1-2H3. The molecular weight excluding hydrogens is 384 g/mol. The van der Waals surface area contributed by atoms with Crippen LogP contribution in [0, 0.1) is 0 Å². The number of oxazole rings is 1. The second-order valence-electron chi connectivity index (χ2n) is 7.36. The fourth-order valence-corrected chi connectivity index (χ4v) is 3.17. The zero-order chi connectivity index (χ0) is 20.5. The number of hydrogen-bond donors (Lipinski definition) is 1. The van der Waals surface area contributed by atoms with E-state index in [4.69, 9.17) is 20.8 Å².